The van der Waals surface area contributed by atoms with Crippen LogP contribution in [0, 0.1) is 0 Å². The first kappa shape index (κ1) is 9.71. The molecule has 0 aliphatic carbocycles. The Morgan fingerprint density at radius 2 is 2.29 bits per heavy atom. The Kier molecular flexibility index (Phi) is 2.01. The molecule has 2 heterocycles. The zero-order chi connectivity index (χ0) is 11.8. The number of nitrogens with zero attached hydrogens (tertiary/aromatic N) is 4. The number of aromatic nitrogens is 4. The van der Waals surface area contributed by atoms with Crippen LogP contribution in [0.5, 0.6) is 5.75 Å². The number of methoxy groups -OCH3 is 1. The molecule has 6 heteroatoms. The molecule has 0 aliphatic rings. The first-order chi connectivity index (χ1) is 8.33. The number of fused-ring (bicyclic) bond motifs is 3. The van der Waals surface area contributed by atoms with Gasteiger partial charge in [0, 0.05) is 11.6 Å². The number of hydrogen-bond donors (Lipinski definition) is 0. The standard InChI is InChI=1S/C11H8N4O2/c1-17-8-2-3-10-7(4-8)5-12-11-9(6-16)13-14-15(10)11/h2-6H,1H3. The summed E-state index contributed by atoms with van der Waals surface area (Å²) in [4.78, 5) is 14.9. The number of hydrogen-bond acceptors (Lipinski definition) is 5. The molecule has 1 aromatic carbocycles. The SMILES string of the molecule is COc1ccc2c(cnc3c(C=O)nnn32)c1. The lowest BCUT2D eigenvalue weighted by molar-refractivity contribution is 0.112. The summed E-state index contributed by atoms with van der Waals surface area (Å²) >= 11 is 0. The Balaban J connectivity index is 2.40. The van der Waals surface area contributed by atoms with E-state index in [-0.39, 0.29) is 5.69 Å². The molecule has 0 saturated carbocycles. The van der Waals surface area contributed by atoms with E-state index in [9.17, 15) is 4.79 Å². The van der Waals surface area contributed by atoms with Crippen LogP contribution in [0.2, 0.25) is 0 Å². The highest BCUT2D eigenvalue weighted by atomic mass is 16.5. The van der Waals surface area contributed by atoms with Crippen molar-refractivity contribution < 1.29 is 9.53 Å². The molecule has 0 saturated heterocycles. The number of carbonyl (C=O) groups is 1. The molecule has 0 radical (unpaired) electrons. The fourth-order valence-corrected chi connectivity index (χ4v) is 1.73. The van der Waals surface area contributed by atoms with E-state index < -0.39 is 0 Å². The molecule has 0 unspecified atom stereocenters. The lowest BCUT2D eigenvalue weighted by atomic mass is 10.2. The maximum atomic E-state index is 10.7. The molecule has 0 aliphatic heterocycles. The van der Waals surface area contributed by atoms with Crippen LogP contribution in [0.25, 0.3) is 16.6 Å². The van der Waals surface area contributed by atoms with E-state index in [1.54, 1.807) is 17.8 Å². The third kappa shape index (κ3) is 1.34. The van der Waals surface area contributed by atoms with Crippen LogP contribution < -0.4 is 4.74 Å². The Bertz CT molecular complexity index is 720. The summed E-state index contributed by atoms with van der Waals surface area (Å²) in [6.45, 7) is 0. The molecule has 0 N–H and O–H groups in total. The summed E-state index contributed by atoms with van der Waals surface area (Å²) < 4.78 is 6.67. The van der Waals surface area contributed by atoms with Crippen molar-refractivity contribution in [3.63, 3.8) is 0 Å². The molecule has 6 nitrogen and oxygen atoms in total. The normalized spacial score (nSPS) is 10.9. The summed E-state index contributed by atoms with van der Waals surface area (Å²) in [6, 6.07) is 5.53. The first-order valence-electron chi connectivity index (χ1n) is 4.97. The summed E-state index contributed by atoms with van der Waals surface area (Å²) in [6.07, 6.45) is 2.31. The third-order valence-corrected chi connectivity index (χ3v) is 2.57. The van der Waals surface area contributed by atoms with E-state index in [1.165, 1.54) is 0 Å². The van der Waals surface area contributed by atoms with Crippen molar-refractivity contribution in [3.05, 3.63) is 30.1 Å². The van der Waals surface area contributed by atoms with Crippen LogP contribution in [-0.2, 0) is 0 Å². The molecule has 17 heavy (non-hydrogen) atoms. The van der Waals surface area contributed by atoms with Crippen molar-refractivity contribution in [2.24, 2.45) is 0 Å². The summed E-state index contributed by atoms with van der Waals surface area (Å²) in [7, 11) is 1.60. The molecule has 0 spiro atoms. The molecule has 3 aromatic rings. The van der Waals surface area contributed by atoms with Gasteiger partial charge >= 0.3 is 0 Å². The minimum atomic E-state index is 0.239. The second-order valence-electron chi connectivity index (χ2n) is 3.51. The zero-order valence-corrected chi connectivity index (χ0v) is 8.99. The zero-order valence-electron chi connectivity index (χ0n) is 8.99. The number of ether oxygens (including phenoxy) is 1. The monoisotopic (exact) mass is 228 g/mol. The molecule has 0 bridgehead atoms. The average molecular weight is 228 g/mol. The highest BCUT2D eigenvalue weighted by Crippen LogP contribution is 2.20. The van der Waals surface area contributed by atoms with Crippen molar-refractivity contribution >= 4 is 22.8 Å². The second-order valence-corrected chi connectivity index (χ2v) is 3.51. The van der Waals surface area contributed by atoms with E-state index in [0.29, 0.717) is 11.9 Å². The van der Waals surface area contributed by atoms with Gasteiger partial charge in [0.25, 0.3) is 0 Å². The van der Waals surface area contributed by atoms with Crippen LogP contribution in [0.3, 0.4) is 0 Å². The lowest BCUT2D eigenvalue weighted by Crippen LogP contribution is -1.94. The van der Waals surface area contributed by atoms with Gasteiger partial charge in [0.15, 0.2) is 17.6 Å². The topological polar surface area (TPSA) is 69.4 Å². The van der Waals surface area contributed by atoms with Gasteiger partial charge in [-0.05, 0) is 18.2 Å². The van der Waals surface area contributed by atoms with Gasteiger partial charge in [0.05, 0.1) is 12.6 Å². The number of rotatable bonds is 2. The quantitative estimate of drug-likeness (QED) is 0.614. The van der Waals surface area contributed by atoms with Gasteiger partial charge in [-0.15, -0.1) is 5.10 Å². The van der Waals surface area contributed by atoms with Crippen molar-refractivity contribution in [1.82, 2.24) is 19.8 Å². The van der Waals surface area contributed by atoms with Crippen LogP contribution in [0.1, 0.15) is 10.5 Å². The number of benzene rings is 1. The van der Waals surface area contributed by atoms with E-state index >= 15 is 0 Å². The van der Waals surface area contributed by atoms with Gasteiger partial charge < -0.3 is 4.74 Å². The number of carbonyl (C=O) groups excluding carboxylic acids is 1. The van der Waals surface area contributed by atoms with Gasteiger partial charge in [-0.3, -0.25) is 4.79 Å². The lowest BCUT2D eigenvalue weighted by Gasteiger charge is -2.03. The first-order valence-corrected chi connectivity index (χ1v) is 4.97. The maximum Gasteiger partial charge on any atom is 0.187 e. The molecule has 0 atom stereocenters. The van der Waals surface area contributed by atoms with E-state index in [1.807, 2.05) is 18.2 Å². The highest BCUT2D eigenvalue weighted by molar-refractivity contribution is 5.86. The van der Waals surface area contributed by atoms with Crippen LogP contribution in [0.15, 0.2) is 24.4 Å². The third-order valence-electron chi connectivity index (χ3n) is 2.57. The Labute approximate surface area is 95.8 Å². The predicted molar refractivity (Wildman–Crippen MR) is 60.2 cm³/mol. The molecular weight excluding hydrogens is 220 g/mol. The molecular formula is C11H8N4O2. The Morgan fingerprint density at radius 3 is 3.06 bits per heavy atom. The van der Waals surface area contributed by atoms with Crippen LogP contribution in [-0.4, -0.2) is 33.2 Å². The smallest absolute Gasteiger partial charge is 0.187 e. The summed E-state index contributed by atoms with van der Waals surface area (Å²) in [5.74, 6) is 0.745. The number of aldehydes is 1. The van der Waals surface area contributed by atoms with Crippen molar-refractivity contribution in [2.75, 3.05) is 7.11 Å². The average Bonchev–Trinajstić information content (AvgIpc) is 2.81. The van der Waals surface area contributed by atoms with E-state index in [2.05, 4.69) is 15.3 Å². The highest BCUT2D eigenvalue weighted by Gasteiger charge is 2.09. The van der Waals surface area contributed by atoms with Crippen LogP contribution >= 0.6 is 0 Å². The fraction of sp³-hybridized carbons (Fsp3) is 0.0909. The Morgan fingerprint density at radius 1 is 1.41 bits per heavy atom. The molecule has 3 rings (SSSR count). The molecule has 84 valence electrons. The maximum absolute atomic E-state index is 10.7. The minimum absolute atomic E-state index is 0.239. The van der Waals surface area contributed by atoms with Gasteiger partial charge in [-0.2, -0.15) is 4.52 Å². The van der Waals surface area contributed by atoms with E-state index in [4.69, 9.17) is 4.74 Å². The van der Waals surface area contributed by atoms with Crippen molar-refractivity contribution in [1.29, 1.82) is 0 Å². The fourth-order valence-electron chi connectivity index (χ4n) is 1.73. The Hall–Kier alpha value is -2.50. The van der Waals surface area contributed by atoms with Gasteiger partial charge in [-0.1, -0.05) is 5.21 Å². The molecule has 0 amide bonds. The predicted octanol–water partition coefficient (Wildman–Crippen LogP) is 1.10. The van der Waals surface area contributed by atoms with Crippen LogP contribution in [0.4, 0.5) is 0 Å². The summed E-state index contributed by atoms with van der Waals surface area (Å²) in [5.41, 5.74) is 1.52. The second kappa shape index (κ2) is 3.51. The van der Waals surface area contributed by atoms with Gasteiger partial charge in [0.1, 0.15) is 5.75 Å². The van der Waals surface area contributed by atoms with Crippen molar-refractivity contribution in [2.45, 2.75) is 0 Å². The minimum Gasteiger partial charge on any atom is -0.497 e. The molecule has 2 aromatic heterocycles. The largest absolute Gasteiger partial charge is 0.497 e. The summed E-state index contributed by atoms with van der Waals surface area (Å²) in [5, 5.41) is 8.54. The van der Waals surface area contributed by atoms with Gasteiger partial charge in [-0.25, -0.2) is 4.98 Å². The van der Waals surface area contributed by atoms with Crippen molar-refractivity contribution in [3.8, 4) is 5.75 Å². The van der Waals surface area contributed by atoms with Gasteiger partial charge in [0.2, 0.25) is 0 Å². The molecule has 0 fully saturated rings. The van der Waals surface area contributed by atoms with E-state index in [0.717, 1.165) is 16.7 Å².